The number of aliphatic hydroxyl groups excluding tert-OH is 1. The molecule has 0 heterocycles. The normalized spacial score (nSPS) is 12.8. The van der Waals surface area contributed by atoms with Crippen molar-refractivity contribution in [3.05, 3.63) is 0 Å². The zero-order valence-corrected chi connectivity index (χ0v) is 8.62. The lowest BCUT2D eigenvalue weighted by Gasteiger charge is -2.17. The van der Waals surface area contributed by atoms with Gasteiger partial charge in [-0.2, -0.15) is 0 Å². The number of hydrogen-bond donors (Lipinski definition) is 2. The van der Waals surface area contributed by atoms with Crippen LogP contribution in [0.4, 0.5) is 0 Å². The topological polar surface area (TPSA) is 24.7 Å². The summed E-state index contributed by atoms with van der Waals surface area (Å²) in [6.45, 7) is 7.12. The van der Waals surface area contributed by atoms with E-state index in [9.17, 15) is 0 Å². The molecule has 0 aromatic carbocycles. The highest BCUT2D eigenvalue weighted by Crippen LogP contribution is 1.81. The quantitative estimate of drug-likeness (QED) is 0.444. The summed E-state index contributed by atoms with van der Waals surface area (Å²) in [6.07, 6.45) is -0.337. The van der Waals surface area contributed by atoms with Crippen molar-refractivity contribution in [2.24, 2.45) is 0 Å². The van der Waals surface area contributed by atoms with Crippen molar-refractivity contribution in [2.75, 3.05) is 25.5 Å². The van der Waals surface area contributed by atoms with Gasteiger partial charge in [-0.1, -0.05) is 0 Å². The Labute approximate surface area is 79.9 Å². The number of aliphatic hydroxyl groups is 1. The standard InChI is InChI=1S/C7H16ClNO.ClH/c1-3-9(4-2)6-7(10)5-8;/h7,10H,3-6H2,1-2H3;1H. The summed E-state index contributed by atoms with van der Waals surface area (Å²) in [5.74, 6) is 0.351. The van der Waals surface area contributed by atoms with Crippen LogP contribution in [0.15, 0.2) is 0 Å². The molecule has 2 nitrogen and oxygen atoms in total. The van der Waals surface area contributed by atoms with Gasteiger partial charge < -0.3 is 22.4 Å². The molecular formula is C7H17Cl2NO. The van der Waals surface area contributed by atoms with Crippen LogP contribution >= 0.6 is 11.6 Å². The molecule has 0 rings (SSSR count). The number of hydrogen-bond acceptors (Lipinski definition) is 1. The monoisotopic (exact) mass is 201 g/mol. The van der Waals surface area contributed by atoms with Crippen LogP contribution in [0.2, 0.25) is 0 Å². The first kappa shape index (κ1) is 14.0. The Morgan fingerprint density at radius 3 is 2.09 bits per heavy atom. The number of alkyl halides is 1. The van der Waals surface area contributed by atoms with Crippen LogP contribution in [0.25, 0.3) is 0 Å². The van der Waals surface area contributed by atoms with Crippen molar-refractivity contribution >= 4 is 11.6 Å². The molecule has 0 aliphatic heterocycles. The lowest BCUT2D eigenvalue weighted by Crippen LogP contribution is -3.12. The first-order chi connectivity index (χ1) is 4.74. The molecule has 11 heavy (non-hydrogen) atoms. The average molecular weight is 202 g/mol. The SMILES string of the molecule is CC[NH+](CC)CC(O)CCl.[Cl-]. The number of likely N-dealkylation sites (N-methyl/N-ethyl adjacent to an activating group) is 1. The Hall–Kier alpha value is 0.500. The second-order valence-electron chi connectivity index (χ2n) is 2.47. The zero-order chi connectivity index (χ0) is 7.98. The highest BCUT2D eigenvalue weighted by Gasteiger charge is 2.09. The van der Waals surface area contributed by atoms with E-state index in [2.05, 4.69) is 13.8 Å². The van der Waals surface area contributed by atoms with Crippen molar-refractivity contribution in [2.45, 2.75) is 20.0 Å². The summed E-state index contributed by atoms with van der Waals surface area (Å²) in [6, 6.07) is 0. The summed E-state index contributed by atoms with van der Waals surface area (Å²) >= 11 is 5.45. The van der Waals surface area contributed by atoms with Crippen LogP contribution in [0.1, 0.15) is 13.8 Å². The molecule has 0 aliphatic carbocycles. The molecule has 0 amide bonds. The maximum Gasteiger partial charge on any atom is 0.116 e. The Bertz CT molecular complexity index is 78.8. The van der Waals surface area contributed by atoms with Gasteiger partial charge in [0.2, 0.25) is 0 Å². The molecule has 0 saturated carbocycles. The van der Waals surface area contributed by atoms with E-state index in [1.807, 2.05) is 0 Å². The van der Waals surface area contributed by atoms with Gasteiger partial charge in [0.05, 0.1) is 19.0 Å². The van der Waals surface area contributed by atoms with Crippen LogP contribution in [0, 0.1) is 0 Å². The van der Waals surface area contributed by atoms with E-state index in [0.29, 0.717) is 5.88 Å². The molecule has 0 saturated heterocycles. The number of rotatable bonds is 5. The summed E-state index contributed by atoms with van der Waals surface area (Å²) < 4.78 is 0. The molecule has 0 aromatic heterocycles. The molecule has 1 unspecified atom stereocenters. The van der Waals surface area contributed by atoms with E-state index in [1.54, 1.807) is 0 Å². The van der Waals surface area contributed by atoms with Crippen LogP contribution in [0.3, 0.4) is 0 Å². The minimum atomic E-state index is -0.337. The van der Waals surface area contributed by atoms with Crippen molar-refractivity contribution in [1.29, 1.82) is 0 Å². The second-order valence-corrected chi connectivity index (χ2v) is 2.78. The van der Waals surface area contributed by atoms with Gasteiger partial charge >= 0.3 is 0 Å². The minimum absolute atomic E-state index is 0. The average Bonchev–Trinajstić information content (AvgIpc) is 1.99. The second kappa shape index (κ2) is 8.60. The van der Waals surface area contributed by atoms with Crippen LogP contribution in [-0.4, -0.2) is 36.7 Å². The van der Waals surface area contributed by atoms with Gasteiger partial charge in [-0.15, -0.1) is 11.6 Å². The third-order valence-corrected chi connectivity index (χ3v) is 2.06. The van der Waals surface area contributed by atoms with Crippen LogP contribution < -0.4 is 17.3 Å². The number of quaternary nitrogens is 1. The van der Waals surface area contributed by atoms with E-state index in [-0.39, 0.29) is 18.5 Å². The summed E-state index contributed by atoms with van der Waals surface area (Å²) in [7, 11) is 0. The van der Waals surface area contributed by atoms with E-state index >= 15 is 0 Å². The molecule has 2 N–H and O–H groups in total. The summed E-state index contributed by atoms with van der Waals surface area (Å²) in [5.41, 5.74) is 0. The fourth-order valence-electron chi connectivity index (χ4n) is 0.926. The maximum absolute atomic E-state index is 9.14. The van der Waals surface area contributed by atoms with E-state index < -0.39 is 0 Å². The van der Waals surface area contributed by atoms with Crippen molar-refractivity contribution in [3.63, 3.8) is 0 Å². The fourth-order valence-corrected chi connectivity index (χ4v) is 1.04. The smallest absolute Gasteiger partial charge is 0.116 e. The Balaban J connectivity index is 0. The van der Waals surface area contributed by atoms with Crippen LogP contribution in [-0.2, 0) is 0 Å². The molecule has 0 bridgehead atoms. The highest BCUT2D eigenvalue weighted by atomic mass is 35.5. The van der Waals surface area contributed by atoms with Gasteiger partial charge in [-0.05, 0) is 13.8 Å². The Kier molecular flexibility index (Phi) is 11.0. The zero-order valence-electron chi connectivity index (χ0n) is 7.11. The molecule has 0 aliphatic rings. The van der Waals surface area contributed by atoms with Crippen molar-refractivity contribution < 1.29 is 22.4 Å². The first-order valence-electron chi connectivity index (χ1n) is 3.82. The maximum atomic E-state index is 9.14. The molecular weight excluding hydrogens is 185 g/mol. The molecule has 70 valence electrons. The van der Waals surface area contributed by atoms with Crippen molar-refractivity contribution in [3.8, 4) is 0 Å². The van der Waals surface area contributed by atoms with Gasteiger partial charge in [0.1, 0.15) is 12.6 Å². The highest BCUT2D eigenvalue weighted by molar-refractivity contribution is 6.18. The Morgan fingerprint density at radius 1 is 1.36 bits per heavy atom. The molecule has 4 heteroatoms. The lowest BCUT2D eigenvalue weighted by atomic mass is 10.3. The molecule has 0 radical (unpaired) electrons. The van der Waals surface area contributed by atoms with Gasteiger partial charge in [0.25, 0.3) is 0 Å². The minimum Gasteiger partial charge on any atom is -1.00 e. The first-order valence-corrected chi connectivity index (χ1v) is 4.35. The van der Waals surface area contributed by atoms with Gasteiger partial charge in [0.15, 0.2) is 0 Å². The lowest BCUT2D eigenvalue weighted by molar-refractivity contribution is -0.899. The molecule has 0 aromatic rings. The molecule has 1 atom stereocenters. The van der Waals surface area contributed by atoms with Gasteiger partial charge in [-0.3, -0.25) is 0 Å². The van der Waals surface area contributed by atoms with Crippen LogP contribution in [0.5, 0.6) is 0 Å². The predicted octanol–water partition coefficient (Wildman–Crippen LogP) is -3.49. The third-order valence-electron chi connectivity index (χ3n) is 1.70. The van der Waals surface area contributed by atoms with E-state index in [0.717, 1.165) is 19.6 Å². The molecule has 0 spiro atoms. The van der Waals surface area contributed by atoms with Gasteiger partial charge in [-0.25, -0.2) is 0 Å². The summed E-state index contributed by atoms with van der Waals surface area (Å²) in [4.78, 5) is 1.40. The Morgan fingerprint density at radius 2 is 1.82 bits per heavy atom. The van der Waals surface area contributed by atoms with E-state index in [4.69, 9.17) is 16.7 Å². The summed E-state index contributed by atoms with van der Waals surface area (Å²) in [5, 5.41) is 9.14. The van der Waals surface area contributed by atoms with E-state index in [1.165, 1.54) is 4.90 Å². The molecule has 0 fully saturated rings. The number of nitrogens with one attached hydrogen (secondary N) is 1. The number of halogens is 2. The fraction of sp³-hybridized carbons (Fsp3) is 1.00. The van der Waals surface area contributed by atoms with Crippen molar-refractivity contribution in [1.82, 2.24) is 0 Å². The largest absolute Gasteiger partial charge is 1.00 e. The third kappa shape index (κ3) is 6.88. The van der Waals surface area contributed by atoms with Gasteiger partial charge in [0, 0.05) is 0 Å². The predicted molar refractivity (Wildman–Crippen MR) is 43.6 cm³/mol.